The second-order valence-electron chi connectivity index (χ2n) is 2.04. The van der Waals surface area contributed by atoms with Gasteiger partial charge >= 0.3 is 43.7 Å². The first kappa shape index (κ1) is 11.7. The van der Waals surface area contributed by atoms with Gasteiger partial charge in [0.25, 0.3) is 0 Å². The molecule has 0 bridgehead atoms. The number of carbonyl (C=O) groups is 1. The SMILES string of the molecule is COC(=O)c1ccc(O)cc1.[Ca+2].[H-].[H-]. The molecule has 0 amide bonds. The number of aromatic hydroxyl groups is 1. The zero-order chi connectivity index (χ0) is 8.27. The number of benzene rings is 1. The van der Waals surface area contributed by atoms with E-state index in [4.69, 9.17) is 5.11 Å². The number of ether oxygens (including phenoxy) is 1. The molecule has 0 aliphatic heterocycles. The molecule has 0 aromatic heterocycles. The number of hydrogen-bond donors (Lipinski definition) is 1. The van der Waals surface area contributed by atoms with Gasteiger partial charge in [-0.1, -0.05) is 0 Å². The molecule has 0 aliphatic rings. The molecule has 0 saturated carbocycles. The first-order valence-corrected chi connectivity index (χ1v) is 3.11. The maximum absolute atomic E-state index is 10.8. The first-order valence-electron chi connectivity index (χ1n) is 3.11. The van der Waals surface area contributed by atoms with Crippen molar-refractivity contribution in [2.45, 2.75) is 0 Å². The molecule has 0 radical (unpaired) electrons. The molecule has 0 saturated heterocycles. The van der Waals surface area contributed by atoms with Gasteiger partial charge < -0.3 is 12.7 Å². The van der Waals surface area contributed by atoms with Crippen LogP contribution in [0.4, 0.5) is 0 Å². The van der Waals surface area contributed by atoms with Gasteiger partial charge in [-0.3, -0.25) is 0 Å². The topological polar surface area (TPSA) is 46.5 Å². The molecule has 1 rings (SSSR count). The molecule has 4 heteroatoms. The Morgan fingerprint density at radius 3 is 2.33 bits per heavy atom. The molecule has 62 valence electrons. The second kappa shape index (κ2) is 5.40. The molecular formula is C8H10CaO3. The van der Waals surface area contributed by atoms with Crippen molar-refractivity contribution in [2.75, 3.05) is 7.11 Å². The number of methoxy groups -OCH3 is 1. The van der Waals surface area contributed by atoms with Crippen LogP contribution in [0.3, 0.4) is 0 Å². The molecule has 0 fully saturated rings. The molecular weight excluding hydrogens is 184 g/mol. The van der Waals surface area contributed by atoms with Gasteiger partial charge in [0.15, 0.2) is 0 Å². The summed E-state index contributed by atoms with van der Waals surface area (Å²) in [6.45, 7) is 0. The number of carbonyl (C=O) groups excluding carboxylic acids is 1. The van der Waals surface area contributed by atoms with Gasteiger partial charge in [-0.15, -0.1) is 0 Å². The standard InChI is InChI=1S/C8H8O3.Ca.2H/c1-11-8(10)6-2-4-7(9)5-3-6;;;/h2-5,9H,1H3;;;/q;+2;2*-1. The van der Waals surface area contributed by atoms with Gasteiger partial charge in [-0.2, -0.15) is 0 Å². The van der Waals surface area contributed by atoms with E-state index in [1.807, 2.05) is 0 Å². The number of phenolic OH excluding ortho intramolecular Hbond substituents is 1. The minimum absolute atomic E-state index is 0. The Morgan fingerprint density at radius 2 is 1.92 bits per heavy atom. The fraction of sp³-hybridized carbons (Fsp3) is 0.125. The monoisotopic (exact) mass is 194 g/mol. The maximum atomic E-state index is 10.8. The summed E-state index contributed by atoms with van der Waals surface area (Å²) >= 11 is 0. The largest absolute Gasteiger partial charge is 2.00 e. The molecule has 1 aromatic carbocycles. The van der Waals surface area contributed by atoms with Gasteiger partial charge in [0, 0.05) is 0 Å². The molecule has 3 nitrogen and oxygen atoms in total. The zero-order valence-electron chi connectivity index (χ0n) is 8.78. The van der Waals surface area contributed by atoms with E-state index in [0.717, 1.165) is 0 Å². The van der Waals surface area contributed by atoms with Crippen molar-refractivity contribution < 1.29 is 17.5 Å². The Bertz CT molecular complexity index is 264. The minimum atomic E-state index is -0.398. The zero-order valence-corrected chi connectivity index (χ0v) is 8.99. The van der Waals surface area contributed by atoms with Crippen molar-refractivity contribution in [3.8, 4) is 5.75 Å². The average molecular weight is 194 g/mol. The van der Waals surface area contributed by atoms with Crippen molar-refractivity contribution in [3.05, 3.63) is 29.8 Å². The Hall–Kier alpha value is -0.250. The fourth-order valence-electron chi connectivity index (χ4n) is 0.715. The number of esters is 1. The van der Waals surface area contributed by atoms with Crippen LogP contribution >= 0.6 is 0 Å². The third kappa shape index (κ3) is 3.01. The van der Waals surface area contributed by atoms with Crippen LogP contribution < -0.4 is 0 Å². The number of phenols is 1. The number of hydrogen-bond acceptors (Lipinski definition) is 3. The summed E-state index contributed by atoms with van der Waals surface area (Å²) in [6.07, 6.45) is 0. The predicted molar refractivity (Wildman–Crippen MR) is 47.4 cm³/mol. The van der Waals surface area contributed by atoms with E-state index in [1.54, 1.807) is 0 Å². The molecule has 0 atom stereocenters. The average Bonchev–Trinajstić information content (AvgIpc) is 2.05. The van der Waals surface area contributed by atoms with E-state index < -0.39 is 5.97 Å². The Labute approximate surface area is 103 Å². The van der Waals surface area contributed by atoms with Crippen molar-refractivity contribution in [3.63, 3.8) is 0 Å². The second-order valence-corrected chi connectivity index (χ2v) is 2.04. The predicted octanol–water partition coefficient (Wildman–Crippen LogP) is 1.02. The van der Waals surface area contributed by atoms with E-state index in [9.17, 15) is 4.79 Å². The molecule has 0 heterocycles. The molecule has 1 aromatic rings. The minimum Gasteiger partial charge on any atom is -1.00 e. The first-order chi connectivity index (χ1) is 5.24. The van der Waals surface area contributed by atoms with Gasteiger partial charge in [0.1, 0.15) is 5.75 Å². The molecule has 0 unspecified atom stereocenters. The third-order valence-corrected chi connectivity index (χ3v) is 1.29. The van der Waals surface area contributed by atoms with Crippen molar-refractivity contribution >= 4 is 43.7 Å². The maximum Gasteiger partial charge on any atom is 2.00 e. The van der Waals surface area contributed by atoms with Crippen LogP contribution in [-0.2, 0) is 4.74 Å². The summed E-state index contributed by atoms with van der Waals surface area (Å²) in [4.78, 5) is 10.8. The van der Waals surface area contributed by atoms with Crippen LogP contribution in [0.25, 0.3) is 0 Å². The molecule has 0 aliphatic carbocycles. The summed E-state index contributed by atoms with van der Waals surface area (Å²) in [5.74, 6) is -0.261. The van der Waals surface area contributed by atoms with E-state index in [1.165, 1.54) is 31.4 Å². The quantitative estimate of drug-likeness (QED) is 0.536. The van der Waals surface area contributed by atoms with Gasteiger partial charge in [-0.25, -0.2) is 4.79 Å². The van der Waals surface area contributed by atoms with Crippen LogP contribution in [0.2, 0.25) is 0 Å². The van der Waals surface area contributed by atoms with Crippen molar-refractivity contribution in [1.29, 1.82) is 0 Å². The summed E-state index contributed by atoms with van der Waals surface area (Å²) in [7, 11) is 1.31. The third-order valence-electron chi connectivity index (χ3n) is 1.29. The van der Waals surface area contributed by atoms with Crippen LogP contribution in [0.1, 0.15) is 13.2 Å². The Morgan fingerprint density at radius 1 is 1.42 bits per heavy atom. The summed E-state index contributed by atoms with van der Waals surface area (Å²) in [5.41, 5.74) is 0.435. The van der Waals surface area contributed by atoms with Crippen LogP contribution in [0, 0.1) is 0 Å². The van der Waals surface area contributed by atoms with Crippen molar-refractivity contribution in [1.82, 2.24) is 0 Å². The Kier molecular flexibility index (Phi) is 5.29. The molecule has 0 spiro atoms. The van der Waals surface area contributed by atoms with E-state index in [-0.39, 0.29) is 46.3 Å². The van der Waals surface area contributed by atoms with E-state index >= 15 is 0 Å². The summed E-state index contributed by atoms with van der Waals surface area (Å²) < 4.78 is 4.46. The van der Waals surface area contributed by atoms with Crippen LogP contribution in [0.5, 0.6) is 5.75 Å². The van der Waals surface area contributed by atoms with E-state index in [0.29, 0.717) is 5.56 Å². The molecule has 1 N–H and O–H groups in total. The Balaban J connectivity index is -0.000000403. The smallest absolute Gasteiger partial charge is 1.00 e. The number of rotatable bonds is 1. The van der Waals surface area contributed by atoms with Gasteiger partial charge in [0.2, 0.25) is 0 Å². The van der Waals surface area contributed by atoms with Gasteiger partial charge in [0.05, 0.1) is 12.7 Å². The normalized spacial score (nSPS) is 8.42. The van der Waals surface area contributed by atoms with Crippen LogP contribution in [-0.4, -0.2) is 55.9 Å². The van der Waals surface area contributed by atoms with Crippen LogP contribution in [0.15, 0.2) is 24.3 Å². The summed E-state index contributed by atoms with van der Waals surface area (Å²) in [6, 6.07) is 5.88. The van der Waals surface area contributed by atoms with Crippen molar-refractivity contribution in [2.24, 2.45) is 0 Å². The van der Waals surface area contributed by atoms with E-state index in [2.05, 4.69) is 4.74 Å². The summed E-state index contributed by atoms with van der Waals surface area (Å²) in [5, 5.41) is 8.86. The molecule has 12 heavy (non-hydrogen) atoms. The van der Waals surface area contributed by atoms with Gasteiger partial charge in [-0.05, 0) is 24.3 Å². The fourth-order valence-corrected chi connectivity index (χ4v) is 0.715.